The van der Waals surface area contributed by atoms with Crippen LogP contribution >= 0.6 is 0 Å². The van der Waals surface area contributed by atoms with Crippen molar-refractivity contribution >= 4 is 11.7 Å². The van der Waals surface area contributed by atoms with Crippen molar-refractivity contribution in [2.75, 3.05) is 37.7 Å². The van der Waals surface area contributed by atoms with Gasteiger partial charge in [0.25, 0.3) is 0 Å². The number of hydrogen-bond acceptors (Lipinski definition) is 5. The molecule has 6 heteroatoms. The van der Waals surface area contributed by atoms with Gasteiger partial charge in [0.2, 0.25) is 5.91 Å². The summed E-state index contributed by atoms with van der Waals surface area (Å²) in [4.78, 5) is 17.5. The number of carbonyl (C=O) groups excluding carboxylic acids is 1. The third-order valence-electron chi connectivity index (χ3n) is 5.54. The number of amides is 1. The van der Waals surface area contributed by atoms with E-state index in [0.717, 1.165) is 56.8 Å². The maximum absolute atomic E-state index is 13.2. The number of ether oxygens (including phenoxy) is 1. The van der Waals surface area contributed by atoms with Crippen LogP contribution in [0.1, 0.15) is 31.4 Å². The van der Waals surface area contributed by atoms with Crippen LogP contribution < -0.4 is 4.90 Å². The Kier molecular flexibility index (Phi) is 3.71. The summed E-state index contributed by atoms with van der Waals surface area (Å²) in [5, 5.41) is 8.48. The van der Waals surface area contributed by atoms with E-state index >= 15 is 0 Å². The summed E-state index contributed by atoms with van der Waals surface area (Å²) in [6, 6.07) is 3.99. The average molecular weight is 316 g/mol. The molecule has 3 aliphatic rings. The fourth-order valence-electron chi connectivity index (χ4n) is 4.24. The molecule has 0 aromatic carbocycles. The Hall–Kier alpha value is -1.69. The zero-order valence-electron chi connectivity index (χ0n) is 13.7. The molecule has 3 fully saturated rings. The fraction of sp³-hybridized carbons (Fsp3) is 0.706. The van der Waals surface area contributed by atoms with E-state index in [4.69, 9.17) is 4.74 Å². The van der Waals surface area contributed by atoms with Crippen molar-refractivity contribution in [2.45, 2.75) is 38.7 Å². The summed E-state index contributed by atoms with van der Waals surface area (Å²) in [6.45, 7) is 6.00. The first-order valence-corrected chi connectivity index (χ1v) is 8.65. The molecule has 3 saturated heterocycles. The lowest BCUT2D eigenvalue weighted by molar-refractivity contribution is -0.145. The van der Waals surface area contributed by atoms with Crippen LogP contribution in [-0.4, -0.2) is 59.9 Å². The van der Waals surface area contributed by atoms with Crippen molar-refractivity contribution in [1.82, 2.24) is 15.1 Å². The molecule has 6 nitrogen and oxygen atoms in total. The Morgan fingerprint density at radius 1 is 1.26 bits per heavy atom. The van der Waals surface area contributed by atoms with Crippen molar-refractivity contribution in [2.24, 2.45) is 5.41 Å². The van der Waals surface area contributed by atoms with Crippen molar-refractivity contribution in [3.05, 3.63) is 17.8 Å². The molecule has 0 saturated carbocycles. The highest BCUT2D eigenvalue weighted by Gasteiger charge is 2.55. The van der Waals surface area contributed by atoms with Gasteiger partial charge in [0.05, 0.1) is 17.2 Å². The highest BCUT2D eigenvalue weighted by molar-refractivity contribution is 5.85. The molecule has 4 rings (SSSR count). The summed E-state index contributed by atoms with van der Waals surface area (Å²) >= 11 is 0. The zero-order valence-corrected chi connectivity index (χ0v) is 13.7. The Bertz CT molecular complexity index is 585. The van der Waals surface area contributed by atoms with Crippen LogP contribution in [0.25, 0.3) is 0 Å². The second kappa shape index (κ2) is 5.74. The van der Waals surface area contributed by atoms with E-state index in [0.29, 0.717) is 19.1 Å². The van der Waals surface area contributed by atoms with Gasteiger partial charge in [-0.05, 0) is 44.7 Å². The molecule has 23 heavy (non-hydrogen) atoms. The minimum Gasteiger partial charge on any atom is -0.377 e. The summed E-state index contributed by atoms with van der Waals surface area (Å²) in [5.74, 6) is 1.16. The van der Waals surface area contributed by atoms with Crippen molar-refractivity contribution < 1.29 is 9.53 Å². The van der Waals surface area contributed by atoms with Crippen LogP contribution in [0.3, 0.4) is 0 Å². The lowest BCUT2D eigenvalue weighted by Gasteiger charge is -2.44. The van der Waals surface area contributed by atoms with E-state index in [1.807, 2.05) is 24.0 Å². The molecule has 3 aliphatic heterocycles. The molecule has 0 spiro atoms. The fourth-order valence-corrected chi connectivity index (χ4v) is 4.24. The standard InChI is InChI=1S/C17H24N4O2/c1-13-4-5-15(19-18-13)21-10-6-14-17(12-21,7-11-23-14)16(22)20-8-2-3-9-20/h4-5,14H,2-3,6-12H2,1H3/t14-,17-/m1/s1. The monoisotopic (exact) mass is 316 g/mol. The predicted molar refractivity (Wildman–Crippen MR) is 86.2 cm³/mol. The second-order valence-corrected chi connectivity index (χ2v) is 7.01. The quantitative estimate of drug-likeness (QED) is 0.825. The first-order valence-electron chi connectivity index (χ1n) is 8.65. The Morgan fingerprint density at radius 2 is 2.09 bits per heavy atom. The SMILES string of the molecule is Cc1ccc(N2CC[C@H]3OCC[C@@]3(C(=O)N3CCCC3)C2)nn1. The number of carbonyl (C=O) groups is 1. The summed E-state index contributed by atoms with van der Waals surface area (Å²) < 4.78 is 5.93. The topological polar surface area (TPSA) is 58.6 Å². The van der Waals surface area contributed by atoms with Gasteiger partial charge in [0, 0.05) is 32.8 Å². The maximum atomic E-state index is 13.2. The molecular formula is C17H24N4O2. The third-order valence-corrected chi connectivity index (χ3v) is 5.54. The van der Waals surface area contributed by atoms with E-state index in [9.17, 15) is 4.79 Å². The Morgan fingerprint density at radius 3 is 2.83 bits per heavy atom. The van der Waals surface area contributed by atoms with Crippen molar-refractivity contribution in [3.8, 4) is 0 Å². The maximum Gasteiger partial charge on any atom is 0.233 e. The van der Waals surface area contributed by atoms with Crippen LogP contribution in [0.4, 0.5) is 5.82 Å². The van der Waals surface area contributed by atoms with Gasteiger partial charge >= 0.3 is 0 Å². The van der Waals surface area contributed by atoms with Gasteiger partial charge in [0.1, 0.15) is 0 Å². The molecule has 0 N–H and O–H groups in total. The van der Waals surface area contributed by atoms with Crippen LogP contribution in [0.5, 0.6) is 0 Å². The Balaban J connectivity index is 1.60. The number of piperidine rings is 1. The largest absolute Gasteiger partial charge is 0.377 e. The number of anilines is 1. The number of aromatic nitrogens is 2. The molecule has 4 heterocycles. The minimum atomic E-state index is -0.394. The zero-order chi connectivity index (χ0) is 15.9. The van der Waals surface area contributed by atoms with Gasteiger partial charge in [-0.25, -0.2) is 0 Å². The summed E-state index contributed by atoms with van der Waals surface area (Å²) in [7, 11) is 0. The summed E-state index contributed by atoms with van der Waals surface area (Å²) in [5.41, 5.74) is 0.519. The smallest absolute Gasteiger partial charge is 0.233 e. The van der Waals surface area contributed by atoms with E-state index in [2.05, 4.69) is 15.1 Å². The van der Waals surface area contributed by atoms with Crippen LogP contribution in [0.2, 0.25) is 0 Å². The van der Waals surface area contributed by atoms with Gasteiger partial charge in [-0.3, -0.25) is 4.79 Å². The molecule has 1 aromatic rings. The van der Waals surface area contributed by atoms with E-state index in [-0.39, 0.29) is 6.10 Å². The number of aryl methyl sites for hydroxylation is 1. The first-order chi connectivity index (χ1) is 11.2. The average Bonchev–Trinajstić information content (AvgIpc) is 3.24. The second-order valence-electron chi connectivity index (χ2n) is 7.01. The van der Waals surface area contributed by atoms with Crippen molar-refractivity contribution in [1.29, 1.82) is 0 Å². The number of likely N-dealkylation sites (tertiary alicyclic amines) is 1. The third kappa shape index (κ3) is 2.49. The van der Waals surface area contributed by atoms with E-state index in [1.54, 1.807) is 0 Å². The van der Waals surface area contributed by atoms with Gasteiger partial charge < -0.3 is 14.5 Å². The molecular weight excluding hydrogens is 292 g/mol. The molecule has 0 bridgehead atoms. The number of nitrogens with zero attached hydrogens (tertiary/aromatic N) is 4. The van der Waals surface area contributed by atoms with Crippen LogP contribution in [-0.2, 0) is 9.53 Å². The molecule has 2 atom stereocenters. The number of fused-ring (bicyclic) bond motifs is 1. The molecule has 124 valence electrons. The predicted octanol–water partition coefficient (Wildman–Crippen LogP) is 1.39. The molecule has 1 amide bonds. The van der Waals surface area contributed by atoms with Gasteiger partial charge in [-0.1, -0.05) is 0 Å². The lowest BCUT2D eigenvalue weighted by Crippen LogP contribution is -2.57. The van der Waals surface area contributed by atoms with E-state index in [1.165, 1.54) is 0 Å². The molecule has 0 radical (unpaired) electrons. The van der Waals surface area contributed by atoms with Crippen LogP contribution in [0, 0.1) is 12.3 Å². The van der Waals surface area contributed by atoms with Gasteiger partial charge in [-0.15, -0.1) is 5.10 Å². The first kappa shape index (κ1) is 14.9. The highest BCUT2D eigenvalue weighted by Crippen LogP contribution is 2.43. The highest BCUT2D eigenvalue weighted by atomic mass is 16.5. The number of rotatable bonds is 2. The van der Waals surface area contributed by atoms with E-state index < -0.39 is 5.41 Å². The molecule has 0 aliphatic carbocycles. The molecule has 1 aromatic heterocycles. The van der Waals surface area contributed by atoms with Gasteiger partial charge in [0.15, 0.2) is 5.82 Å². The van der Waals surface area contributed by atoms with Crippen LogP contribution in [0.15, 0.2) is 12.1 Å². The minimum absolute atomic E-state index is 0.0604. The lowest BCUT2D eigenvalue weighted by atomic mass is 9.75. The van der Waals surface area contributed by atoms with Crippen molar-refractivity contribution in [3.63, 3.8) is 0 Å². The van der Waals surface area contributed by atoms with Gasteiger partial charge in [-0.2, -0.15) is 5.10 Å². The number of hydrogen-bond donors (Lipinski definition) is 0. The molecule has 0 unspecified atom stereocenters. The summed E-state index contributed by atoms with van der Waals surface area (Å²) in [6.07, 6.45) is 4.02. The normalized spacial score (nSPS) is 30.6. The Labute approximate surface area is 136 Å².